The summed E-state index contributed by atoms with van der Waals surface area (Å²) in [6, 6.07) is 7.62. The summed E-state index contributed by atoms with van der Waals surface area (Å²) in [7, 11) is 3.48. The van der Waals surface area contributed by atoms with Crippen LogP contribution in [0.15, 0.2) is 48.4 Å². The predicted molar refractivity (Wildman–Crippen MR) is 117 cm³/mol. The third kappa shape index (κ3) is 5.19. The van der Waals surface area contributed by atoms with Crippen molar-refractivity contribution in [1.82, 2.24) is 14.9 Å². The number of aromatic nitrogens is 2. The molecule has 0 saturated heterocycles. The summed E-state index contributed by atoms with van der Waals surface area (Å²) in [5, 5.41) is 6.35. The number of likely N-dealkylation sites (N-methyl/N-ethyl adjacent to an activating group) is 1. The molecular formula is C22H29N5O2. The van der Waals surface area contributed by atoms with Gasteiger partial charge in [-0.1, -0.05) is 13.8 Å². The molecule has 29 heavy (non-hydrogen) atoms. The molecule has 1 aromatic heterocycles. The van der Waals surface area contributed by atoms with E-state index in [9.17, 15) is 0 Å². The fourth-order valence-corrected chi connectivity index (χ4v) is 2.90. The van der Waals surface area contributed by atoms with Crippen molar-refractivity contribution >= 4 is 17.5 Å². The van der Waals surface area contributed by atoms with Gasteiger partial charge in [-0.15, -0.1) is 0 Å². The summed E-state index contributed by atoms with van der Waals surface area (Å²) in [6.07, 6.45) is 5.90. The first-order valence-corrected chi connectivity index (χ1v) is 9.82. The third-order valence-electron chi connectivity index (χ3n) is 4.64. The van der Waals surface area contributed by atoms with Crippen LogP contribution in [0, 0.1) is 0 Å². The Kier molecular flexibility index (Phi) is 6.59. The lowest BCUT2D eigenvalue weighted by Gasteiger charge is -2.14. The van der Waals surface area contributed by atoms with Crippen LogP contribution in [-0.2, 0) is 0 Å². The Hall–Kier alpha value is -3.22. The van der Waals surface area contributed by atoms with Gasteiger partial charge in [-0.25, -0.2) is 4.98 Å². The van der Waals surface area contributed by atoms with E-state index in [2.05, 4.69) is 58.5 Å². The number of hydrogen-bond acceptors (Lipinski definition) is 7. The molecule has 7 heteroatoms. The molecule has 2 aromatic rings. The summed E-state index contributed by atoms with van der Waals surface area (Å²) in [5.74, 6) is 2.90. The van der Waals surface area contributed by atoms with E-state index >= 15 is 0 Å². The number of methoxy groups -OCH3 is 1. The minimum absolute atomic E-state index is 0.300. The Morgan fingerprint density at radius 2 is 2.03 bits per heavy atom. The maximum absolute atomic E-state index is 5.93. The van der Waals surface area contributed by atoms with E-state index < -0.39 is 0 Å². The fourth-order valence-electron chi connectivity index (χ4n) is 2.90. The maximum atomic E-state index is 5.93. The van der Waals surface area contributed by atoms with E-state index in [1.807, 2.05) is 31.3 Å². The van der Waals surface area contributed by atoms with E-state index in [-0.39, 0.29) is 0 Å². The standard InChI is InChI=1S/C22H29N5O2/c1-6-27-10-9-16(13-27)14-29-20-11-17(7-8-19(20)28-5)24-22-25-18(15(2)3)12-21(23-4)26-22/h7-12,14-15H,6,13H2,1-5H3,(H2,23,24,25,26)/b16-14+. The van der Waals surface area contributed by atoms with Crippen molar-refractivity contribution in [1.29, 1.82) is 0 Å². The monoisotopic (exact) mass is 395 g/mol. The number of anilines is 3. The van der Waals surface area contributed by atoms with Gasteiger partial charge in [0.05, 0.1) is 19.1 Å². The van der Waals surface area contributed by atoms with Crippen molar-refractivity contribution in [3.05, 3.63) is 54.1 Å². The number of nitrogens with zero attached hydrogens (tertiary/aromatic N) is 3. The lowest BCUT2D eigenvalue weighted by Crippen LogP contribution is -2.13. The van der Waals surface area contributed by atoms with E-state index in [0.29, 0.717) is 23.4 Å². The van der Waals surface area contributed by atoms with Gasteiger partial charge in [0, 0.05) is 43.5 Å². The highest BCUT2D eigenvalue weighted by molar-refractivity contribution is 5.61. The van der Waals surface area contributed by atoms with Gasteiger partial charge < -0.3 is 25.0 Å². The summed E-state index contributed by atoms with van der Waals surface area (Å²) >= 11 is 0. The first-order chi connectivity index (χ1) is 14.0. The van der Waals surface area contributed by atoms with Crippen LogP contribution in [0.1, 0.15) is 32.4 Å². The zero-order chi connectivity index (χ0) is 20.8. The van der Waals surface area contributed by atoms with E-state index in [4.69, 9.17) is 9.47 Å². The molecule has 1 aliphatic heterocycles. The Balaban J connectivity index is 1.81. The summed E-state index contributed by atoms with van der Waals surface area (Å²) in [6.45, 7) is 8.16. The second kappa shape index (κ2) is 9.32. The van der Waals surface area contributed by atoms with Gasteiger partial charge in [0.2, 0.25) is 5.95 Å². The van der Waals surface area contributed by atoms with Crippen molar-refractivity contribution in [3.63, 3.8) is 0 Å². The summed E-state index contributed by atoms with van der Waals surface area (Å²) in [5.41, 5.74) is 2.90. The zero-order valence-corrected chi connectivity index (χ0v) is 17.7. The van der Waals surface area contributed by atoms with Crippen molar-refractivity contribution in [2.45, 2.75) is 26.7 Å². The lowest BCUT2D eigenvalue weighted by molar-refractivity contribution is 0.375. The second-order valence-electron chi connectivity index (χ2n) is 7.09. The van der Waals surface area contributed by atoms with Gasteiger partial charge in [0.1, 0.15) is 5.82 Å². The molecule has 0 fully saturated rings. The van der Waals surface area contributed by atoms with Crippen LogP contribution >= 0.6 is 0 Å². The highest BCUT2D eigenvalue weighted by Crippen LogP contribution is 2.32. The third-order valence-corrected chi connectivity index (χ3v) is 4.64. The molecule has 154 valence electrons. The van der Waals surface area contributed by atoms with Gasteiger partial charge in [0.15, 0.2) is 11.5 Å². The summed E-state index contributed by atoms with van der Waals surface area (Å²) < 4.78 is 11.4. The van der Waals surface area contributed by atoms with Crippen LogP contribution in [0.4, 0.5) is 17.5 Å². The van der Waals surface area contributed by atoms with E-state index in [0.717, 1.165) is 35.9 Å². The van der Waals surface area contributed by atoms with Crippen molar-refractivity contribution in [2.24, 2.45) is 0 Å². The molecule has 0 atom stereocenters. The van der Waals surface area contributed by atoms with E-state index in [1.165, 1.54) is 0 Å². The Labute approximate surface area is 172 Å². The van der Waals surface area contributed by atoms with Crippen LogP contribution in [0.3, 0.4) is 0 Å². The van der Waals surface area contributed by atoms with Crippen molar-refractivity contribution in [2.75, 3.05) is 37.9 Å². The van der Waals surface area contributed by atoms with Crippen molar-refractivity contribution in [3.8, 4) is 11.5 Å². The molecule has 0 amide bonds. The Bertz CT molecular complexity index is 908. The number of ether oxygens (including phenoxy) is 2. The second-order valence-corrected chi connectivity index (χ2v) is 7.09. The number of nitrogens with one attached hydrogen (secondary N) is 2. The van der Waals surface area contributed by atoms with Crippen LogP contribution < -0.4 is 20.1 Å². The van der Waals surface area contributed by atoms with Crippen LogP contribution in [0.2, 0.25) is 0 Å². The highest BCUT2D eigenvalue weighted by Gasteiger charge is 2.11. The molecule has 0 radical (unpaired) electrons. The minimum Gasteiger partial charge on any atom is -0.493 e. The molecule has 2 N–H and O–H groups in total. The molecule has 0 unspecified atom stereocenters. The van der Waals surface area contributed by atoms with Gasteiger partial charge in [-0.3, -0.25) is 0 Å². The first kappa shape index (κ1) is 20.5. The van der Waals surface area contributed by atoms with E-state index in [1.54, 1.807) is 13.4 Å². The van der Waals surface area contributed by atoms with Crippen LogP contribution in [0.25, 0.3) is 0 Å². The first-order valence-electron chi connectivity index (χ1n) is 9.82. The SMILES string of the molecule is CCN1C=C/C(=C\Oc2cc(Nc3nc(NC)cc(C(C)C)n3)ccc2OC)C1. The molecule has 0 saturated carbocycles. The van der Waals surface area contributed by atoms with Crippen molar-refractivity contribution < 1.29 is 9.47 Å². The fraction of sp³-hybridized carbons (Fsp3) is 0.364. The number of benzene rings is 1. The molecule has 0 spiro atoms. The molecular weight excluding hydrogens is 366 g/mol. The summed E-state index contributed by atoms with van der Waals surface area (Å²) in [4.78, 5) is 11.3. The largest absolute Gasteiger partial charge is 0.493 e. The van der Waals surface area contributed by atoms with Gasteiger partial charge >= 0.3 is 0 Å². The highest BCUT2D eigenvalue weighted by atomic mass is 16.5. The lowest BCUT2D eigenvalue weighted by atomic mass is 10.1. The molecule has 7 nitrogen and oxygen atoms in total. The van der Waals surface area contributed by atoms with Gasteiger partial charge in [0.25, 0.3) is 0 Å². The quantitative estimate of drug-likeness (QED) is 0.637. The number of rotatable bonds is 8. The molecule has 1 aromatic carbocycles. The Morgan fingerprint density at radius 3 is 2.69 bits per heavy atom. The zero-order valence-electron chi connectivity index (χ0n) is 17.7. The molecule has 3 rings (SSSR count). The maximum Gasteiger partial charge on any atom is 0.229 e. The van der Waals surface area contributed by atoms with Gasteiger partial charge in [-0.05, 0) is 37.3 Å². The molecule has 0 bridgehead atoms. The molecule has 1 aliphatic rings. The molecule has 2 heterocycles. The average Bonchev–Trinajstić information content (AvgIpc) is 3.20. The Morgan fingerprint density at radius 1 is 1.21 bits per heavy atom. The van der Waals surface area contributed by atoms with Crippen LogP contribution in [0.5, 0.6) is 11.5 Å². The minimum atomic E-state index is 0.300. The number of hydrogen-bond donors (Lipinski definition) is 2. The normalized spacial score (nSPS) is 14.6. The molecule has 0 aliphatic carbocycles. The topological polar surface area (TPSA) is 71.5 Å². The average molecular weight is 396 g/mol. The van der Waals surface area contributed by atoms with Gasteiger partial charge in [-0.2, -0.15) is 4.98 Å². The predicted octanol–water partition coefficient (Wildman–Crippen LogP) is 4.51. The van der Waals surface area contributed by atoms with Crippen LogP contribution in [-0.4, -0.2) is 42.1 Å². The smallest absolute Gasteiger partial charge is 0.229 e.